The molecule has 0 aliphatic heterocycles. The summed E-state index contributed by atoms with van der Waals surface area (Å²) in [6, 6.07) is 7.73. The molecule has 186 valence electrons. The first kappa shape index (κ1) is 25.7. The molecule has 0 unspecified atom stereocenters. The fourth-order valence-corrected chi connectivity index (χ4v) is 4.11. The third-order valence-corrected chi connectivity index (χ3v) is 6.26. The summed E-state index contributed by atoms with van der Waals surface area (Å²) in [5, 5.41) is 16.4. The Labute approximate surface area is 202 Å². The van der Waals surface area contributed by atoms with E-state index in [1.54, 1.807) is 0 Å². The van der Waals surface area contributed by atoms with Crippen LogP contribution in [0.2, 0.25) is 0 Å². The molecule has 9 nitrogen and oxygen atoms in total. The van der Waals surface area contributed by atoms with Gasteiger partial charge < -0.3 is 31.1 Å². The lowest BCUT2D eigenvalue weighted by atomic mass is 9.93. The summed E-state index contributed by atoms with van der Waals surface area (Å²) in [6.45, 7) is 9.75. The zero-order chi connectivity index (χ0) is 24.5. The predicted molar refractivity (Wildman–Crippen MR) is 135 cm³/mol. The van der Waals surface area contributed by atoms with Crippen molar-refractivity contribution in [3.63, 3.8) is 0 Å². The van der Waals surface area contributed by atoms with Crippen molar-refractivity contribution in [3.05, 3.63) is 35.7 Å². The molecule has 0 radical (unpaired) electrons. The Balaban J connectivity index is 1.72. The third kappa shape index (κ3) is 7.04. The second kappa shape index (κ2) is 12.5. The van der Waals surface area contributed by atoms with Gasteiger partial charge in [-0.15, -0.1) is 0 Å². The molecule has 1 fully saturated rings. The van der Waals surface area contributed by atoms with Crippen LogP contribution in [0.15, 0.2) is 24.3 Å². The van der Waals surface area contributed by atoms with Gasteiger partial charge in [0.2, 0.25) is 0 Å². The van der Waals surface area contributed by atoms with Crippen LogP contribution >= 0.6 is 0 Å². The maximum absolute atomic E-state index is 12.1. The van der Waals surface area contributed by atoms with Gasteiger partial charge in [-0.05, 0) is 69.5 Å². The van der Waals surface area contributed by atoms with E-state index in [9.17, 15) is 9.90 Å². The summed E-state index contributed by atoms with van der Waals surface area (Å²) in [5.41, 5.74) is 7.18. The van der Waals surface area contributed by atoms with Gasteiger partial charge in [0.15, 0.2) is 11.5 Å². The van der Waals surface area contributed by atoms with Gasteiger partial charge in [0.25, 0.3) is 5.91 Å². The molecule has 2 aromatic rings. The van der Waals surface area contributed by atoms with Crippen molar-refractivity contribution in [1.82, 2.24) is 14.9 Å². The molecule has 34 heavy (non-hydrogen) atoms. The molecule has 0 spiro atoms. The zero-order valence-electron chi connectivity index (χ0n) is 20.5. The quantitative estimate of drug-likeness (QED) is 0.372. The SMILES string of the molecule is CCc1nc(C(N)=O)c(Nc2ccc(OCCN(CC)CC)cc2)nc1N[C@H]1CC[C@H](O)CC1. The largest absolute Gasteiger partial charge is 0.492 e. The molecule has 1 saturated carbocycles. The molecular formula is C25H38N6O3. The molecule has 5 N–H and O–H groups in total. The van der Waals surface area contributed by atoms with Crippen LogP contribution < -0.4 is 21.1 Å². The Morgan fingerprint density at radius 1 is 1.09 bits per heavy atom. The van der Waals surface area contributed by atoms with E-state index in [4.69, 9.17) is 15.5 Å². The highest BCUT2D eigenvalue weighted by atomic mass is 16.5. The molecule has 1 aliphatic carbocycles. The van der Waals surface area contributed by atoms with Crippen LogP contribution in [0.4, 0.5) is 17.3 Å². The number of hydrogen-bond donors (Lipinski definition) is 4. The fraction of sp³-hybridized carbons (Fsp3) is 0.560. The van der Waals surface area contributed by atoms with Crippen LogP contribution in [0, 0.1) is 0 Å². The average Bonchev–Trinajstić information content (AvgIpc) is 2.84. The number of anilines is 3. The van der Waals surface area contributed by atoms with Gasteiger partial charge in [-0.1, -0.05) is 20.8 Å². The number of aromatic nitrogens is 2. The van der Waals surface area contributed by atoms with Gasteiger partial charge in [-0.25, -0.2) is 9.97 Å². The number of amides is 1. The Hall–Kier alpha value is -2.91. The van der Waals surface area contributed by atoms with Gasteiger partial charge in [-0.3, -0.25) is 4.79 Å². The first-order valence-electron chi connectivity index (χ1n) is 12.3. The number of nitrogens with two attached hydrogens (primary N) is 1. The molecule has 3 rings (SSSR count). The summed E-state index contributed by atoms with van der Waals surface area (Å²) >= 11 is 0. The van der Waals surface area contributed by atoms with Crippen molar-refractivity contribution >= 4 is 23.2 Å². The Morgan fingerprint density at radius 3 is 2.35 bits per heavy atom. The maximum atomic E-state index is 12.1. The number of hydrogen-bond acceptors (Lipinski definition) is 8. The number of aliphatic hydroxyl groups excluding tert-OH is 1. The van der Waals surface area contributed by atoms with Crippen molar-refractivity contribution in [2.75, 3.05) is 36.9 Å². The standard InChI is InChI=1S/C25H38N6O3/c1-4-21-24(27-17-7-11-19(32)12-8-17)30-25(22(29-21)23(26)33)28-18-9-13-20(14-10-18)34-16-15-31(5-2)6-3/h9-10,13-14,17,19,32H,4-8,11-12,15-16H2,1-3H3,(H2,26,33)(H2,27,28,30)/t17-,19-. The number of ether oxygens (including phenoxy) is 1. The van der Waals surface area contributed by atoms with Gasteiger partial charge in [-0.2, -0.15) is 0 Å². The van der Waals surface area contributed by atoms with Crippen LogP contribution in [0.25, 0.3) is 0 Å². The molecule has 0 atom stereocenters. The maximum Gasteiger partial charge on any atom is 0.271 e. The summed E-state index contributed by atoms with van der Waals surface area (Å²) in [7, 11) is 0. The molecule has 1 aliphatic rings. The first-order valence-corrected chi connectivity index (χ1v) is 12.3. The van der Waals surface area contributed by atoms with E-state index in [2.05, 4.69) is 34.4 Å². The molecule has 0 bridgehead atoms. The normalized spacial score (nSPS) is 18.0. The van der Waals surface area contributed by atoms with E-state index < -0.39 is 5.91 Å². The molecule has 1 aromatic carbocycles. The number of aliphatic hydroxyl groups is 1. The second-order valence-electron chi connectivity index (χ2n) is 8.61. The smallest absolute Gasteiger partial charge is 0.271 e. The Kier molecular flexibility index (Phi) is 9.47. The van der Waals surface area contributed by atoms with E-state index in [0.717, 1.165) is 56.8 Å². The van der Waals surface area contributed by atoms with E-state index in [1.807, 2.05) is 31.2 Å². The number of rotatable bonds is 12. The topological polar surface area (TPSA) is 126 Å². The molecule has 1 heterocycles. The number of benzene rings is 1. The minimum atomic E-state index is -0.631. The highest BCUT2D eigenvalue weighted by Gasteiger charge is 2.23. The van der Waals surface area contributed by atoms with Gasteiger partial charge >= 0.3 is 0 Å². The average molecular weight is 471 g/mol. The number of likely N-dealkylation sites (N-methyl/N-ethyl adjacent to an activating group) is 1. The van der Waals surface area contributed by atoms with E-state index in [1.165, 1.54) is 0 Å². The molecule has 1 aromatic heterocycles. The van der Waals surface area contributed by atoms with Crippen molar-refractivity contribution in [1.29, 1.82) is 0 Å². The monoisotopic (exact) mass is 470 g/mol. The summed E-state index contributed by atoms with van der Waals surface area (Å²) < 4.78 is 5.85. The number of carbonyl (C=O) groups is 1. The summed E-state index contributed by atoms with van der Waals surface area (Å²) in [6.07, 6.45) is 3.64. The highest BCUT2D eigenvalue weighted by Crippen LogP contribution is 2.27. The van der Waals surface area contributed by atoms with Crippen LogP contribution in [0.3, 0.4) is 0 Å². The lowest BCUT2D eigenvalue weighted by Gasteiger charge is -2.27. The molecule has 0 saturated heterocycles. The van der Waals surface area contributed by atoms with Crippen molar-refractivity contribution in [2.24, 2.45) is 5.73 Å². The van der Waals surface area contributed by atoms with Gasteiger partial charge in [0.1, 0.15) is 18.2 Å². The third-order valence-electron chi connectivity index (χ3n) is 6.26. The number of primary amides is 1. The second-order valence-corrected chi connectivity index (χ2v) is 8.61. The van der Waals surface area contributed by atoms with Crippen molar-refractivity contribution in [2.45, 2.75) is 65.0 Å². The lowest BCUT2D eigenvalue weighted by molar-refractivity contribution is 0.0996. The van der Waals surface area contributed by atoms with E-state index in [-0.39, 0.29) is 17.8 Å². The Bertz CT molecular complexity index is 925. The number of nitrogens with one attached hydrogen (secondary N) is 2. The molecule has 1 amide bonds. The lowest BCUT2D eigenvalue weighted by Crippen LogP contribution is -2.29. The van der Waals surface area contributed by atoms with Crippen molar-refractivity contribution < 1.29 is 14.6 Å². The zero-order valence-corrected chi connectivity index (χ0v) is 20.5. The van der Waals surface area contributed by atoms with E-state index >= 15 is 0 Å². The minimum absolute atomic E-state index is 0.112. The van der Waals surface area contributed by atoms with Gasteiger partial charge in [0, 0.05) is 18.3 Å². The summed E-state index contributed by atoms with van der Waals surface area (Å²) in [4.78, 5) is 23.6. The molecular weight excluding hydrogens is 432 g/mol. The van der Waals surface area contributed by atoms with Crippen LogP contribution in [0.5, 0.6) is 5.75 Å². The summed E-state index contributed by atoms with van der Waals surface area (Å²) in [5.74, 6) is 1.11. The van der Waals surface area contributed by atoms with Crippen LogP contribution in [-0.4, -0.2) is 64.3 Å². The molecule has 9 heteroatoms. The van der Waals surface area contributed by atoms with Crippen molar-refractivity contribution in [3.8, 4) is 5.75 Å². The number of aryl methyl sites for hydroxylation is 1. The van der Waals surface area contributed by atoms with E-state index in [0.29, 0.717) is 30.4 Å². The van der Waals surface area contributed by atoms with Crippen LogP contribution in [-0.2, 0) is 6.42 Å². The predicted octanol–water partition coefficient (Wildman–Crippen LogP) is 3.32. The minimum Gasteiger partial charge on any atom is -0.492 e. The number of nitrogens with zero attached hydrogens (tertiary/aromatic N) is 3. The van der Waals surface area contributed by atoms with Crippen LogP contribution in [0.1, 0.15) is 62.6 Å². The number of carbonyl (C=O) groups excluding carboxylic acids is 1. The fourth-order valence-electron chi connectivity index (χ4n) is 4.11. The Morgan fingerprint density at radius 2 is 1.76 bits per heavy atom. The van der Waals surface area contributed by atoms with Gasteiger partial charge in [0.05, 0.1) is 11.8 Å². The first-order chi connectivity index (χ1) is 16.4. The highest BCUT2D eigenvalue weighted by molar-refractivity contribution is 5.96.